The third-order valence-corrected chi connectivity index (χ3v) is 3.68. The Morgan fingerprint density at radius 1 is 1.25 bits per heavy atom. The minimum absolute atomic E-state index is 0. The normalized spacial score (nSPS) is 19.6. The molecule has 0 unspecified atom stereocenters. The largest absolute Gasteiger partial charge is 0.497 e. The lowest BCUT2D eigenvalue weighted by molar-refractivity contribution is -0.143. The van der Waals surface area contributed by atoms with Gasteiger partial charge in [-0.1, -0.05) is 18.6 Å². The first-order valence-electron chi connectivity index (χ1n) is 6.71. The zero-order chi connectivity index (χ0) is 13.7. The smallest absolute Gasteiger partial charge is 0.314 e. The van der Waals surface area contributed by atoms with Gasteiger partial charge in [-0.2, -0.15) is 0 Å². The molecule has 1 heterocycles. The zero-order valence-electron chi connectivity index (χ0n) is 11.9. The van der Waals surface area contributed by atoms with Crippen molar-refractivity contribution in [3.63, 3.8) is 0 Å². The fraction of sp³-hybridized carbons (Fsp3) is 0.533. The van der Waals surface area contributed by atoms with Crippen LogP contribution in [-0.4, -0.2) is 32.8 Å². The Kier molecular flexibility index (Phi) is 6.82. The summed E-state index contributed by atoms with van der Waals surface area (Å²) in [5.41, 5.74) is 0.979. The van der Waals surface area contributed by atoms with Crippen molar-refractivity contribution in [2.24, 2.45) is 0 Å². The number of nitrogens with one attached hydrogen (secondary N) is 1. The Morgan fingerprint density at radius 2 is 1.95 bits per heavy atom. The number of carbonyl (C=O) groups excluding carboxylic acids is 1. The zero-order valence-corrected chi connectivity index (χ0v) is 12.7. The van der Waals surface area contributed by atoms with Gasteiger partial charge in [0.25, 0.3) is 0 Å². The number of carbonyl (C=O) groups is 1. The summed E-state index contributed by atoms with van der Waals surface area (Å²) in [5.74, 6) is 0.379. The summed E-state index contributed by atoms with van der Waals surface area (Å²) in [5, 5.41) is 3.43. The van der Waals surface area contributed by atoms with Crippen LogP contribution in [0.4, 0.5) is 0 Å². The average molecular weight is 300 g/mol. The van der Waals surface area contributed by atoms with Gasteiger partial charge in [-0.15, -0.1) is 12.4 Å². The van der Waals surface area contributed by atoms with Gasteiger partial charge in [0, 0.05) is 6.04 Å². The average Bonchev–Trinajstić information content (AvgIpc) is 2.49. The molecule has 2 rings (SSSR count). The van der Waals surface area contributed by atoms with E-state index in [-0.39, 0.29) is 30.3 Å². The molecule has 1 N–H and O–H groups in total. The van der Waals surface area contributed by atoms with E-state index in [2.05, 4.69) is 5.32 Å². The van der Waals surface area contributed by atoms with Crippen LogP contribution in [0.5, 0.6) is 5.75 Å². The Morgan fingerprint density at radius 3 is 2.45 bits per heavy atom. The Hall–Kier alpha value is -1.26. The predicted octanol–water partition coefficient (Wildman–Crippen LogP) is 2.52. The van der Waals surface area contributed by atoms with Crippen LogP contribution < -0.4 is 10.1 Å². The first kappa shape index (κ1) is 16.8. The SMILES string of the molecule is COC(=O)[C@@H](c1ccc(OC)cc1)[C@@H]1CCCCN1.Cl. The van der Waals surface area contributed by atoms with E-state index in [0.29, 0.717) is 0 Å². The van der Waals surface area contributed by atoms with Crippen molar-refractivity contribution in [3.8, 4) is 5.75 Å². The molecule has 112 valence electrons. The molecule has 0 aliphatic carbocycles. The second kappa shape index (κ2) is 8.12. The van der Waals surface area contributed by atoms with Crippen LogP contribution in [0.2, 0.25) is 0 Å². The minimum Gasteiger partial charge on any atom is -0.497 e. The molecule has 1 aromatic carbocycles. The molecular weight excluding hydrogens is 278 g/mol. The number of ether oxygens (including phenoxy) is 2. The molecule has 1 aliphatic heterocycles. The first-order chi connectivity index (χ1) is 9.26. The van der Waals surface area contributed by atoms with Gasteiger partial charge in [-0.3, -0.25) is 4.79 Å². The highest BCUT2D eigenvalue weighted by Crippen LogP contribution is 2.28. The van der Waals surface area contributed by atoms with E-state index in [9.17, 15) is 4.79 Å². The molecule has 0 radical (unpaired) electrons. The Labute approximate surface area is 126 Å². The summed E-state index contributed by atoms with van der Waals surface area (Å²) in [6.45, 7) is 0.967. The van der Waals surface area contributed by atoms with E-state index < -0.39 is 0 Å². The fourth-order valence-electron chi connectivity index (χ4n) is 2.63. The molecule has 2 atom stereocenters. The van der Waals surface area contributed by atoms with Crippen molar-refractivity contribution in [2.75, 3.05) is 20.8 Å². The van der Waals surface area contributed by atoms with Gasteiger partial charge in [0.2, 0.25) is 0 Å². The van der Waals surface area contributed by atoms with Crippen LogP contribution in [0.3, 0.4) is 0 Å². The minimum atomic E-state index is -0.240. The summed E-state index contributed by atoms with van der Waals surface area (Å²) in [7, 11) is 3.08. The molecule has 0 aromatic heterocycles. The molecule has 0 spiro atoms. The third-order valence-electron chi connectivity index (χ3n) is 3.68. The second-order valence-electron chi connectivity index (χ2n) is 4.83. The molecule has 20 heavy (non-hydrogen) atoms. The van der Waals surface area contributed by atoms with E-state index in [1.54, 1.807) is 7.11 Å². The summed E-state index contributed by atoms with van der Waals surface area (Å²) in [4.78, 5) is 12.1. The molecule has 4 nitrogen and oxygen atoms in total. The highest BCUT2D eigenvalue weighted by atomic mass is 35.5. The number of hydrogen-bond donors (Lipinski definition) is 1. The van der Waals surface area contributed by atoms with Crippen molar-refractivity contribution in [1.82, 2.24) is 5.32 Å². The standard InChI is InChI=1S/C15H21NO3.ClH/c1-18-12-8-6-11(7-9-12)14(15(17)19-2)13-5-3-4-10-16-13;/h6-9,13-14,16H,3-5,10H2,1-2H3;1H/t13-,14-;/m0./s1. The predicted molar refractivity (Wildman–Crippen MR) is 80.6 cm³/mol. The molecule has 0 saturated carbocycles. The lowest BCUT2D eigenvalue weighted by atomic mass is 9.86. The topological polar surface area (TPSA) is 47.6 Å². The number of rotatable bonds is 4. The lowest BCUT2D eigenvalue weighted by Crippen LogP contribution is -2.42. The Bertz CT molecular complexity index is 416. The molecule has 5 heteroatoms. The van der Waals surface area contributed by atoms with Gasteiger partial charge in [-0.05, 0) is 37.1 Å². The number of halogens is 1. The number of piperidine rings is 1. The Balaban J connectivity index is 0.00000200. The van der Waals surface area contributed by atoms with Gasteiger partial charge in [0.05, 0.1) is 20.1 Å². The maximum absolute atomic E-state index is 12.1. The van der Waals surface area contributed by atoms with E-state index in [0.717, 1.165) is 30.7 Å². The fourth-order valence-corrected chi connectivity index (χ4v) is 2.63. The third kappa shape index (κ3) is 3.87. The van der Waals surface area contributed by atoms with Crippen LogP contribution in [0.15, 0.2) is 24.3 Å². The number of esters is 1. The summed E-state index contributed by atoms with van der Waals surface area (Å²) in [6.07, 6.45) is 3.33. The van der Waals surface area contributed by atoms with Crippen LogP contribution in [0.25, 0.3) is 0 Å². The molecule has 1 aromatic rings. The van der Waals surface area contributed by atoms with Gasteiger partial charge in [0.15, 0.2) is 0 Å². The van der Waals surface area contributed by atoms with E-state index in [4.69, 9.17) is 9.47 Å². The highest BCUT2D eigenvalue weighted by Gasteiger charge is 2.31. The van der Waals surface area contributed by atoms with Crippen LogP contribution in [0, 0.1) is 0 Å². The summed E-state index contributed by atoms with van der Waals surface area (Å²) < 4.78 is 10.1. The monoisotopic (exact) mass is 299 g/mol. The summed E-state index contributed by atoms with van der Waals surface area (Å²) in [6, 6.07) is 7.81. The number of methoxy groups -OCH3 is 2. The molecule has 1 saturated heterocycles. The first-order valence-corrected chi connectivity index (χ1v) is 6.71. The van der Waals surface area contributed by atoms with E-state index in [1.807, 2.05) is 24.3 Å². The van der Waals surface area contributed by atoms with Crippen molar-refractivity contribution in [1.29, 1.82) is 0 Å². The van der Waals surface area contributed by atoms with Crippen molar-refractivity contribution >= 4 is 18.4 Å². The van der Waals surface area contributed by atoms with Crippen LogP contribution in [0.1, 0.15) is 30.7 Å². The number of hydrogen-bond acceptors (Lipinski definition) is 4. The lowest BCUT2D eigenvalue weighted by Gasteiger charge is -2.30. The van der Waals surface area contributed by atoms with Crippen LogP contribution >= 0.6 is 12.4 Å². The van der Waals surface area contributed by atoms with Crippen molar-refractivity contribution in [3.05, 3.63) is 29.8 Å². The summed E-state index contributed by atoms with van der Waals surface area (Å²) >= 11 is 0. The molecular formula is C15H22ClNO3. The molecule has 0 amide bonds. The maximum atomic E-state index is 12.1. The molecule has 0 bridgehead atoms. The highest BCUT2D eigenvalue weighted by molar-refractivity contribution is 5.85. The van der Waals surface area contributed by atoms with Gasteiger partial charge >= 0.3 is 5.97 Å². The van der Waals surface area contributed by atoms with Crippen LogP contribution in [-0.2, 0) is 9.53 Å². The van der Waals surface area contributed by atoms with E-state index in [1.165, 1.54) is 13.5 Å². The maximum Gasteiger partial charge on any atom is 0.314 e. The number of benzene rings is 1. The van der Waals surface area contributed by atoms with Crippen molar-refractivity contribution in [2.45, 2.75) is 31.2 Å². The quantitative estimate of drug-likeness (QED) is 0.868. The molecule has 1 aliphatic rings. The van der Waals surface area contributed by atoms with Gasteiger partial charge in [-0.25, -0.2) is 0 Å². The van der Waals surface area contributed by atoms with Gasteiger partial charge in [0.1, 0.15) is 5.75 Å². The molecule has 1 fully saturated rings. The van der Waals surface area contributed by atoms with Gasteiger partial charge < -0.3 is 14.8 Å². The second-order valence-corrected chi connectivity index (χ2v) is 4.83. The van der Waals surface area contributed by atoms with E-state index >= 15 is 0 Å². The van der Waals surface area contributed by atoms with Crippen molar-refractivity contribution < 1.29 is 14.3 Å².